The quantitative estimate of drug-likeness (QED) is 0.859. The van der Waals surface area contributed by atoms with Crippen molar-refractivity contribution in [1.82, 2.24) is 14.8 Å². The molecule has 2 aliphatic heterocycles. The number of aromatic nitrogens is 1. The van der Waals surface area contributed by atoms with Crippen LogP contribution in [0.1, 0.15) is 12.8 Å². The third-order valence-electron chi connectivity index (χ3n) is 4.56. The lowest BCUT2D eigenvalue weighted by Crippen LogP contribution is -2.51. The van der Waals surface area contributed by atoms with Crippen LogP contribution in [0.3, 0.4) is 0 Å². The summed E-state index contributed by atoms with van der Waals surface area (Å²) in [5.74, 6) is 0.000896. The molecule has 124 valence electrons. The molecule has 0 radical (unpaired) electrons. The molecule has 0 aliphatic carbocycles. The lowest BCUT2D eigenvalue weighted by Gasteiger charge is -2.36. The first-order valence-electron chi connectivity index (χ1n) is 8.06. The molecule has 7 heteroatoms. The fourth-order valence-corrected chi connectivity index (χ4v) is 3.28. The van der Waals surface area contributed by atoms with E-state index in [1.165, 1.54) is 4.90 Å². The van der Waals surface area contributed by atoms with Crippen molar-refractivity contribution in [3.8, 4) is 0 Å². The van der Waals surface area contributed by atoms with Gasteiger partial charge in [-0.1, -0.05) is 6.07 Å². The Morgan fingerprint density at radius 2 is 1.96 bits per heavy atom. The minimum atomic E-state index is -0.893. The normalized spacial score (nSPS) is 22.3. The van der Waals surface area contributed by atoms with Crippen LogP contribution in [0.15, 0.2) is 24.4 Å². The topological polar surface area (TPSA) is 77.0 Å². The maximum atomic E-state index is 12.4. The Morgan fingerprint density at radius 1 is 1.17 bits per heavy atom. The van der Waals surface area contributed by atoms with Crippen molar-refractivity contribution in [3.05, 3.63) is 24.4 Å². The number of carbonyl (C=O) groups is 2. The van der Waals surface area contributed by atoms with Crippen LogP contribution in [-0.4, -0.2) is 77.1 Å². The minimum absolute atomic E-state index is 0.0683. The molecule has 1 aromatic rings. The first-order chi connectivity index (χ1) is 11.1. The van der Waals surface area contributed by atoms with E-state index < -0.39 is 12.0 Å². The van der Waals surface area contributed by atoms with E-state index in [1.807, 2.05) is 18.2 Å². The van der Waals surface area contributed by atoms with Gasteiger partial charge in [0, 0.05) is 38.9 Å². The predicted molar refractivity (Wildman–Crippen MR) is 85.3 cm³/mol. The maximum Gasteiger partial charge on any atom is 0.326 e. The van der Waals surface area contributed by atoms with Crippen molar-refractivity contribution < 1.29 is 14.7 Å². The molecule has 23 heavy (non-hydrogen) atoms. The van der Waals surface area contributed by atoms with Gasteiger partial charge < -0.3 is 14.9 Å². The van der Waals surface area contributed by atoms with Crippen LogP contribution >= 0.6 is 0 Å². The van der Waals surface area contributed by atoms with E-state index in [-0.39, 0.29) is 5.91 Å². The third-order valence-corrected chi connectivity index (χ3v) is 4.56. The van der Waals surface area contributed by atoms with Crippen molar-refractivity contribution in [1.29, 1.82) is 0 Å². The van der Waals surface area contributed by atoms with Gasteiger partial charge in [0.05, 0.1) is 6.54 Å². The number of carboxylic acid groups (broad SMARTS) is 1. The van der Waals surface area contributed by atoms with Crippen LogP contribution in [0.2, 0.25) is 0 Å². The molecular formula is C16H22N4O3. The number of hydrogen-bond acceptors (Lipinski definition) is 5. The van der Waals surface area contributed by atoms with Gasteiger partial charge in [0.1, 0.15) is 11.9 Å². The second-order valence-electron chi connectivity index (χ2n) is 6.03. The zero-order chi connectivity index (χ0) is 16.2. The van der Waals surface area contributed by atoms with Crippen LogP contribution in [0.4, 0.5) is 5.82 Å². The van der Waals surface area contributed by atoms with E-state index in [0.29, 0.717) is 19.5 Å². The van der Waals surface area contributed by atoms with E-state index in [4.69, 9.17) is 0 Å². The van der Waals surface area contributed by atoms with Crippen molar-refractivity contribution in [2.24, 2.45) is 0 Å². The molecule has 3 heterocycles. The number of piperazine rings is 1. The predicted octanol–water partition coefficient (Wildman–Crippen LogP) is 0.279. The molecule has 0 saturated carbocycles. The van der Waals surface area contributed by atoms with Gasteiger partial charge in [0.2, 0.25) is 5.91 Å². The highest BCUT2D eigenvalue weighted by molar-refractivity contribution is 5.85. The standard InChI is InChI=1S/C16H22N4O3/c21-15(20-7-3-4-13(20)16(22)23)12-18-8-10-19(11-9-18)14-5-1-2-6-17-14/h1-2,5-6,13H,3-4,7-12H2,(H,22,23). The summed E-state index contributed by atoms with van der Waals surface area (Å²) in [4.78, 5) is 33.7. The number of nitrogens with zero attached hydrogens (tertiary/aromatic N) is 4. The molecule has 2 fully saturated rings. The van der Waals surface area contributed by atoms with Gasteiger partial charge >= 0.3 is 5.97 Å². The Kier molecular flexibility index (Phi) is 4.76. The van der Waals surface area contributed by atoms with Gasteiger partial charge in [-0.3, -0.25) is 9.69 Å². The molecule has 1 unspecified atom stereocenters. The fraction of sp³-hybridized carbons (Fsp3) is 0.562. The molecule has 1 N–H and O–H groups in total. The van der Waals surface area contributed by atoms with Gasteiger partial charge in [-0.15, -0.1) is 0 Å². The van der Waals surface area contributed by atoms with Crippen molar-refractivity contribution in [2.75, 3.05) is 44.2 Å². The summed E-state index contributed by atoms with van der Waals surface area (Å²) in [7, 11) is 0. The van der Waals surface area contributed by atoms with Gasteiger partial charge in [-0.25, -0.2) is 9.78 Å². The zero-order valence-corrected chi connectivity index (χ0v) is 13.1. The van der Waals surface area contributed by atoms with E-state index in [2.05, 4.69) is 14.8 Å². The highest BCUT2D eigenvalue weighted by Crippen LogP contribution is 2.18. The summed E-state index contributed by atoms with van der Waals surface area (Å²) in [5, 5.41) is 9.18. The average molecular weight is 318 g/mol. The Bertz CT molecular complexity index is 558. The van der Waals surface area contributed by atoms with Gasteiger partial charge in [-0.2, -0.15) is 0 Å². The number of carbonyl (C=O) groups excluding carboxylic acids is 1. The van der Waals surface area contributed by atoms with Gasteiger partial charge in [0.15, 0.2) is 0 Å². The molecule has 1 amide bonds. The number of amides is 1. The molecule has 0 aromatic carbocycles. The molecule has 2 saturated heterocycles. The maximum absolute atomic E-state index is 12.4. The molecule has 1 aromatic heterocycles. The Labute approximate surface area is 135 Å². The lowest BCUT2D eigenvalue weighted by atomic mass is 10.2. The summed E-state index contributed by atoms with van der Waals surface area (Å²) in [6, 6.07) is 5.21. The molecule has 0 bridgehead atoms. The number of aliphatic carboxylic acids is 1. The summed E-state index contributed by atoms with van der Waals surface area (Å²) in [5.41, 5.74) is 0. The first-order valence-corrected chi connectivity index (χ1v) is 8.06. The summed E-state index contributed by atoms with van der Waals surface area (Å²) in [6.45, 7) is 4.09. The van der Waals surface area contributed by atoms with Crippen LogP contribution in [0.5, 0.6) is 0 Å². The average Bonchev–Trinajstić information content (AvgIpc) is 3.06. The third kappa shape index (κ3) is 3.61. The van der Waals surface area contributed by atoms with E-state index in [0.717, 1.165) is 38.4 Å². The number of likely N-dealkylation sites (tertiary alicyclic amines) is 1. The van der Waals surface area contributed by atoms with Crippen LogP contribution in [-0.2, 0) is 9.59 Å². The Morgan fingerprint density at radius 3 is 2.61 bits per heavy atom. The Hall–Kier alpha value is -2.15. The number of pyridine rings is 1. The lowest BCUT2D eigenvalue weighted by molar-refractivity contribution is -0.148. The van der Waals surface area contributed by atoms with Gasteiger partial charge in [-0.05, 0) is 25.0 Å². The largest absolute Gasteiger partial charge is 0.480 e. The van der Waals surface area contributed by atoms with Crippen molar-refractivity contribution >= 4 is 17.7 Å². The molecule has 1 atom stereocenters. The monoisotopic (exact) mass is 318 g/mol. The number of hydrogen-bond donors (Lipinski definition) is 1. The highest BCUT2D eigenvalue weighted by atomic mass is 16.4. The second kappa shape index (κ2) is 6.95. The van der Waals surface area contributed by atoms with Crippen LogP contribution < -0.4 is 4.90 Å². The smallest absolute Gasteiger partial charge is 0.326 e. The van der Waals surface area contributed by atoms with Gasteiger partial charge in [0.25, 0.3) is 0 Å². The summed E-state index contributed by atoms with van der Waals surface area (Å²) in [6.07, 6.45) is 3.12. The summed E-state index contributed by atoms with van der Waals surface area (Å²) < 4.78 is 0. The number of carboxylic acids is 1. The van der Waals surface area contributed by atoms with E-state index in [9.17, 15) is 14.7 Å². The fourth-order valence-electron chi connectivity index (χ4n) is 3.28. The minimum Gasteiger partial charge on any atom is -0.480 e. The molecule has 7 nitrogen and oxygen atoms in total. The molecule has 2 aliphatic rings. The number of rotatable bonds is 4. The zero-order valence-electron chi connectivity index (χ0n) is 13.1. The molecule has 0 spiro atoms. The van der Waals surface area contributed by atoms with E-state index >= 15 is 0 Å². The second-order valence-corrected chi connectivity index (χ2v) is 6.03. The summed E-state index contributed by atoms with van der Waals surface area (Å²) >= 11 is 0. The highest BCUT2D eigenvalue weighted by Gasteiger charge is 2.34. The van der Waals surface area contributed by atoms with Crippen molar-refractivity contribution in [3.63, 3.8) is 0 Å². The van der Waals surface area contributed by atoms with Crippen molar-refractivity contribution in [2.45, 2.75) is 18.9 Å². The molecular weight excluding hydrogens is 296 g/mol. The van der Waals surface area contributed by atoms with E-state index in [1.54, 1.807) is 6.20 Å². The Balaban J connectivity index is 1.51. The van der Waals surface area contributed by atoms with Crippen LogP contribution in [0.25, 0.3) is 0 Å². The number of anilines is 1. The first kappa shape index (κ1) is 15.7. The SMILES string of the molecule is O=C(O)C1CCCN1C(=O)CN1CCN(c2ccccn2)CC1. The van der Waals surface area contributed by atoms with Crippen LogP contribution in [0, 0.1) is 0 Å². The molecule has 3 rings (SSSR count).